The van der Waals surface area contributed by atoms with Gasteiger partial charge in [-0.3, -0.25) is 4.79 Å². The molecule has 0 fully saturated rings. The zero-order valence-corrected chi connectivity index (χ0v) is 12.7. The molecule has 24 heavy (non-hydrogen) atoms. The van der Waals surface area contributed by atoms with E-state index in [0.717, 1.165) is 0 Å². The molecular weight excluding hydrogens is 308 g/mol. The lowest BCUT2D eigenvalue weighted by Crippen LogP contribution is -2.44. The number of hydrogen-bond donors (Lipinski definition) is 1. The van der Waals surface area contributed by atoms with Crippen molar-refractivity contribution >= 4 is 5.91 Å². The first-order valence-corrected chi connectivity index (χ1v) is 7.44. The Morgan fingerprint density at radius 2 is 1.12 bits per heavy atom. The number of rotatable bonds is 4. The van der Waals surface area contributed by atoms with Crippen LogP contribution < -0.4 is 5.73 Å². The number of carbonyl (C=O) groups is 1. The molecule has 2 N–H and O–H groups in total. The van der Waals surface area contributed by atoms with E-state index in [1.165, 1.54) is 36.4 Å². The van der Waals surface area contributed by atoms with E-state index in [0.29, 0.717) is 5.56 Å². The van der Waals surface area contributed by atoms with Gasteiger partial charge in [0.2, 0.25) is 5.91 Å². The molecule has 0 aliphatic heterocycles. The number of nitrogens with two attached hydrogens (primary N) is 1. The summed E-state index contributed by atoms with van der Waals surface area (Å²) in [6, 6.07) is 20.1. The number of benzene rings is 3. The zero-order chi connectivity index (χ0) is 17.2. The fourth-order valence-corrected chi connectivity index (χ4v) is 3.08. The second-order valence-corrected chi connectivity index (χ2v) is 5.44. The lowest BCUT2D eigenvalue weighted by Gasteiger charge is -2.33. The van der Waals surface area contributed by atoms with Crippen molar-refractivity contribution in [3.05, 3.63) is 107 Å². The molecule has 120 valence electrons. The zero-order valence-electron chi connectivity index (χ0n) is 12.7. The molecule has 0 bridgehead atoms. The summed E-state index contributed by atoms with van der Waals surface area (Å²) in [4.78, 5) is 12.6. The Balaban J connectivity index is 2.47. The summed E-state index contributed by atoms with van der Waals surface area (Å²) in [5, 5.41) is 0. The van der Waals surface area contributed by atoms with Crippen LogP contribution in [0.3, 0.4) is 0 Å². The standard InChI is InChI=1S/C20H15F2NO/c21-17-12-6-4-10-15(17)20(19(23)24,14-8-2-1-3-9-14)16-11-5-7-13-18(16)22/h1-13H,(H2,23,24). The normalized spacial score (nSPS) is 11.2. The van der Waals surface area contributed by atoms with Gasteiger partial charge >= 0.3 is 0 Å². The maximum atomic E-state index is 14.6. The highest BCUT2D eigenvalue weighted by Gasteiger charge is 2.45. The maximum absolute atomic E-state index is 14.6. The van der Waals surface area contributed by atoms with Crippen molar-refractivity contribution < 1.29 is 13.6 Å². The van der Waals surface area contributed by atoms with E-state index < -0.39 is 23.0 Å². The molecule has 0 unspecified atom stereocenters. The van der Waals surface area contributed by atoms with Gasteiger partial charge in [0.1, 0.15) is 17.0 Å². The lowest BCUT2D eigenvalue weighted by molar-refractivity contribution is -0.121. The Morgan fingerprint density at radius 1 is 0.708 bits per heavy atom. The minimum atomic E-state index is -1.75. The molecule has 1 amide bonds. The van der Waals surface area contributed by atoms with Gasteiger partial charge in [-0.05, 0) is 17.7 Å². The molecule has 2 nitrogen and oxygen atoms in total. The number of halogens is 2. The largest absolute Gasteiger partial charge is 0.368 e. The fraction of sp³-hybridized carbons (Fsp3) is 0.0500. The van der Waals surface area contributed by atoms with Crippen molar-refractivity contribution in [1.82, 2.24) is 0 Å². The molecule has 0 radical (unpaired) electrons. The van der Waals surface area contributed by atoms with Crippen LogP contribution in [-0.4, -0.2) is 5.91 Å². The van der Waals surface area contributed by atoms with Gasteiger partial charge < -0.3 is 5.73 Å². The Kier molecular flexibility index (Phi) is 4.13. The molecule has 0 saturated carbocycles. The highest BCUT2D eigenvalue weighted by Crippen LogP contribution is 2.41. The van der Waals surface area contributed by atoms with Gasteiger partial charge in [0.05, 0.1) is 0 Å². The van der Waals surface area contributed by atoms with E-state index in [1.807, 2.05) is 0 Å². The first kappa shape index (κ1) is 15.9. The van der Waals surface area contributed by atoms with Gasteiger partial charge in [0, 0.05) is 11.1 Å². The monoisotopic (exact) mass is 323 g/mol. The van der Waals surface area contributed by atoms with Crippen molar-refractivity contribution in [3.63, 3.8) is 0 Å². The van der Waals surface area contributed by atoms with E-state index in [9.17, 15) is 13.6 Å². The van der Waals surface area contributed by atoms with Gasteiger partial charge in [-0.15, -0.1) is 0 Å². The number of primary amides is 1. The summed E-state index contributed by atoms with van der Waals surface area (Å²) in [6.07, 6.45) is 0. The summed E-state index contributed by atoms with van der Waals surface area (Å²) >= 11 is 0. The fourth-order valence-electron chi connectivity index (χ4n) is 3.08. The Labute approximate surface area is 138 Å². The van der Waals surface area contributed by atoms with E-state index in [1.54, 1.807) is 42.5 Å². The Hall–Kier alpha value is -3.01. The molecule has 0 spiro atoms. The molecule has 0 aromatic heterocycles. The predicted octanol–water partition coefficient (Wildman–Crippen LogP) is 3.78. The molecule has 3 aromatic rings. The third-order valence-electron chi connectivity index (χ3n) is 4.13. The van der Waals surface area contributed by atoms with Crippen LogP contribution in [0.5, 0.6) is 0 Å². The van der Waals surface area contributed by atoms with Gasteiger partial charge in [0.15, 0.2) is 0 Å². The van der Waals surface area contributed by atoms with Gasteiger partial charge in [-0.2, -0.15) is 0 Å². The van der Waals surface area contributed by atoms with Crippen molar-refractivity contribution in [1.29, 1.82) is 0 Å². The molecule has 0 atom stereocenters. The van der Waals surface area contributed by atoms with Gasteiger partial charge in [0.25, 0.3) is 0 Å². The van der Waals surface area contributed by atoms with E-state index in [2.05, 4.69) is 0 Å². The summed E-state index contributed by atoms with van der Waals surface area (Å²) in [5.41, 5.74) is 4.44. The Morgan fingerprint density at radius 3 is 1.54 bits per heavy atom. The van der Waals surface area contributed by atoms with Crippen LogP contribution in [0.15, 0.2) is 78.9 Å². The maximum Gasteiger partial charge on any atom is 0.237 e. The van der Waals surface area contributed by atoms with Crippen LogP contribution >= 0.6 is 0 Å². The molecule has 0 saturated heterocycles. The lowest BCUT2D eigenvalue weighted by atomic mass is 9.68. The van der Waals surface area contributed by atoms with Crippen LogP contribution in [0.25, 0.3) is 0 Å². The number of amides is 1. The number of hydrogen-bond acceptors (Lipinski definition) is 1. The average Bonchev–Trinajstić information content (AvgIpc) is 2.59. The van der Waals surface area contributed by atoms with E-state index in [-0.39, 0.29) is 11.1 Å². The molecule has 0 aliphatic carbocycles. The first-order valence-electron chi connectivity index (χ1n) is 7.44. The van der Waals surface area contributed by atoms with Crippen LogP contribution in [0, 0.1) is 11.6 Å². The highest BCUT2D eigenvalue weighted by molar-refractivity contribution is 5.95. The van der Waals surface area contributed by atoms with E-state index >= 15 is 0 Å². The second kappa shape index (κ2) is 6.24. The van der Waals surface area contributed by atoms with E-state index in [4.69, 9.17) is 5.73 Å². The van der Waals surface area contributed by atoms with Crippen molar-refractivity contribution in [3.8, 4) is 0 Å². The first-order chi connectivity index (χ1) is 11.6. The third kappa shape index (κ3) is 2.36. The third-order valence-corrected chi connectivity index (χ3v) is 4.13. The quantitative estimate of drug-likeness (QED) is 0.730. The summed E-state index contributed by atoms with van der Waals surface area (Å²) < 4.78 is 29.2. The SMILES string of the molecule is NC(=O)C(c1ccccc1)(c1ccccc1F)c1ccccc1F. The average molecular weight is 323 g/mol. The second-order valence-electron chi connectivity index (χ2n) is 5.44. The van der Waals surface area contributed by atoms with Crippen molar-refractivity contribution in [2.45, 2.75) is 5.41 Å². The van der Waals surface area contributed by atoms with Crippen molar-refractivity contribution in [2.75, 3.05) is 0 Å². The van der Waals surface area contributed by atoms with Crippen LogP contribution in [0.2, 0.25) is 0 Å². The Bertz CT molecular complexity index is 832. The topological polar surface area (TPSA) is 43.1 Å². The summed E-state index contributed by atoms with van der Waals surface area (Å²) in [7, 11) is 0. The minimum absolute atomic E-state index is 0.0220. The van der Waals surface area contributed by atoms with Gasteiger partial charge in [-0.25, -0.2) is 8.78 Å². The predicted molar refractivity (Wildman–Crippen MR) is 88.3 cm³/mol. The van der Waals surface area contributed by atoms with Crippen LogP contribution in [0.4, 0.5) is 8.78 Å². The molecular formula is C20H15F2NO. The number of carbonyl (C=O) groups excluding carboxylic acids is 1. The molecule has 0 heterocycles. The summed E-state index contributed by atoms with van der Waals surface area (Å²) in [6.45, 7) is 0. The van der Waals surface area contributed by atoms with Crippen LogP contribution in [0.1, 0.15) is 16.7 Å². The molecule has 4 heteroatoms. The summed E-state index contributed by atoms with van der Waals surface area (Å²) in [5.74, 6) is -2.09. The van der Waals surface area contributed by atoms with Crippen molar-refractivity contribution in [2.24, 2.45) is 5.73 Å². The minimum Gasteiger partial charge on any atom is -0.368 e. The van der Waals surface area contributed by atoms with Crippen LogP contribution in [-0.2, 0) is 10.2 Å². The van der Waals surface area contributed by atoms with Gasteiger partial charge in [-0.1, -0.05) is 66.7 Å². The smallest absolute Gasteiger partial charge is 0.237 e. The molecule has 3 aromatic carbocycles. The molecule has 3 rings (SSSR count). The highest BCUT2D eigenvalue weighted by atomic mass is 19.1. The molecule has 0 aliphatic rings.